The Hall–Kier alpha value is -3.64. The highest BCUT2D eigenvalue weighted by Gasteiger charge is 2.33. The van der Waals surface area contributed by atoms with Crippen molar-refractivity contribution >= 4 is 12.1 Å². The molecular formula is C27H27NO5. The zero-order chi connectivity index (χ0) is 23.4. The van der Waals surface area contributed by atoms with Gasteiger partial charge in [-0.1, -0.05) is 78.9 Å². The molecule has 2 N–H and O–H groups in total. The molecule has 4 rings (SSSR count). The van der Waals surface area contributed by atoms with Gasteiger partial charge in [-0.05, 0) is 41.7 Å². The first-order valence-corrected chi connectivity index (χ1v) is 11.0. The number of carbonyl (C=O) groups is 2. The lowest BCUT2D eigenvalue weighted by Crippen LogP contribution is -2.47. The van der Waals surface area contributed by atoms with Crippen LogP contribution < -0.4 is 5.32 Å². The van der Waals surface area contributed by atoms with Crippen LogP contribution in [0, 0.1) is 0 Å². The molecule has 0 heterocycles. The van der Waals surface area contributed by atoms with Crippen LogP contribution >= 0.6 is 0 Å². The maximum atomic E-state index is 12.7. The lowest BCUT2D eigenvalue weighted by molar-refractivity contribution is -0.153. The number of amides is 1. The summed E-state index contributed by atoms with van der Waals surface area (Å²) in [6, 6.07) is 23.4. The molecule has 1 aliphatic carbocycles. The van der Waals surface area contributed by atoms with Crippen molar-refractivity contribution in [1.29, 1.82) is 0 Å². The standard InChI is InChI=1S/C27H27NO5/c1-17(2)33-26(30)24(25(29)18-10-4-3-5-11-18)28-27(31)32-16-23-21-14-8-6-12-19(21)20-13-7-9-15-22(20)23/h3-15,17,23-25,29H,16H2,1-2H3,(H,28,31)/t24-,25+/m0/s1. The monoisotopic (exact) mass is 445 g/mol. The number of aliphatic hydroxyl groups excluding tert-OH is 1. The van der Waals surface area contributed by atoms with Gasteiger partial charge in [0.15, 0.2) is 6.04 Å². The molecule has 0 bridgehead atoms. The third-order valence-corrected chi connectivity index (χ3v) is 5.68. The van der Waals surface area contributed by atoms with Crippen LogP contribution in [0.4, 0.5) is 4.79 Å². The van der Waals surface area contributed by atoms with Crippen LogP contribution in [0.15, 0.2) is 78.9 Å². The van der Waals surface area contributed by atoms with Crippen LogP contribution in [0.1, 0.15) is 42.6 Å². The fourth-order valence-electron chi connectivity index (χ4n) is 4.18. The average molecular weight is 446 g/mol. The van der Waals surface area contributed by atoms with Gasteiger partial charge in [0.1, 0.15) is 12.7 Å². The van der Waals surface area contributed by atoms with E-state index in [0.29, 0.717) is 5.56 Å². The predicted octanol–water partition coefficient (Wildman–Crippen LogP) is 4.58. The maximum absolute atomic E-state index is 12.7. The molecule has 170 valence electrons. The highest BCUT2D eigenvalue weighted by molar-refractivity contribution is 5.83. The summed E-state index contributed by atoms with van der Waals surface area (Å²) in [5.41, 5.74) is 4.92. The van der Waals surface area contributed by atoms with Gasteiger partial charge >= 0.3 is 12.1 Å². The Morgan fingerprint density at radius 1 is 0.879 bits per heavy atom. The maximum Gasteiger partial charge on any atom is 0.407 e. The van der Waals surface area contributed by atoms with E-state index in [0.717, 1.165) is 22.3 Å². The van der Waals surface area contributed by atoms with Crippen LogP contribution in [-0.2, 0) is 14.3 Å². The van der Waals surface area contributed by atoms with Crippen LogP contribution in [0.25, 0.3) is 11.1 Å². The number of nitrogens with one attached hydrogen (secondary N) is 1. The summed E-state index contributed by atoms with van der Waals surface area (Å²) in [4.78, 5) is 25.3. The minimum absolute atomic E-state index is 0.104. The van der Waals surface area contributed by atoms with Crippen LogP contribution in [0.5, 0.6) is 0 Å². The van der Waals surface area contributed by atoms with Gasteiger partial charge in [0.2, 0.25) is 0 Å². The third kappa shape index (κ3) is 4.91. The van der Waals surface area contributed by atoms with Crippen molar-refractivity contribution in [1.82, 2.24) is 5.32 Å². The number of rotatable bonds is 7. The number of benzene rings is 3. The largest absolute Gasteiger partial charge is 0.461 e. The zero-order valence-electron chi connectivity index (χ0n) is 18.6. The van der Waals surface area contributed by atoms with Gasteiger partial charge in [0.25, 0.3) is 0 Å². The van der Waals surface area contributed by atoms with Crippen LogP contribution in [0.3, 0.4) is 0 Å². The number of fused-ring (bicyclic) bond motifs is 3. The molecule has 2 atom stereocenters. The normalized spacial score (nSPS) is 14.2. The molecule has 0 fully saturated rings. The number of carbonyl (C=O) groups excluding carboxylic acids is 2. The second-order valence-corrected chi connectivity index (χ2v) is 8.29. The van der Waals surface area contributed by atoms with E-state index < -0.39 is 30.3 Å². The van der Waals surface area contributed by atoms with Crippen molar-refractivity contribution < 1.29 is 24.2 Å². The van der Waals surface area contributed by atoms with Gasteiger partial charge in [-0.2, -0.15) is 0 Å². The number of ether oxygens (including phenoxy) is 2. The Morgan fingerprint density at radius 3 is 2.00 bits per heavy atom. The Morgan fingerprint density at radius 2 is 1.42 bits per heavy atom. The molecule has 0 aliphatic heterocycles. The number of hydrogen-bond acceptors (Lipinski definition) is 5. The first-order chi connectivity index (χ1) is 16.0. The van der Waals surface area contributed by atoms with Crippen molar-refractivity contribution in [2.24, 2.45) is 0 Å². The first-order valence-electron chi connectivity index (χ1n) is 11.0. The molecule has 3 aromatic carbocycles. The molecule has 1 aliphatic rings. The molecular weight excluding hydrogens is 418 g/mol. The number of esters is 1. The van der Waals surface area contributed by atoms with Crippen molar-refractivity contribution in [3.8, 4) is 11.1 Å². The van der Waals surface area contributed by atoms with Crippen LogP contribution in [-0.4, -0.2) is 35.9 Å². The lowest BCUT2D eigenvalue weighted by atomic mass is 9.98. The Labute approximate surface area is 193 Å². The van der Waals surface area contributed by atoms with E-state index in [4.69, 9.17) is 9.47 Å². The molecule has 3 aromatic rings. The van der Waals surface area contributed by atoms with Gasteiger partial charge < -0.3 is 19.9 Å². The van der Waals surface area contributed by atoms with Crippen molar-refractivity contribution in [3.63, 3.8) is 0 Å². The molecule has 6 heteroatoms. The summed E-state index contributed by atoms with van der Waals surface area (Å²) < 4.78 is 10.8. The molecule has 0 spiro atoms. The number of aliphatic hydroxyl groups is 1. The fourth-order valence-corrected chi connectivity index (χ4v) is 4.18. The van der Waals surface area contributed by atoms with E-state index >= 15 is 0 Å². The SMILES string of the molecule is CC(C)OC(=O)[C@@H](NC(=O)OCC1c2ccccc2-c2ccccc21)[C@H](O)c1ccccc1. The van der Waals surface area contributed by atoms with Gasteiger partial charge in [0.05, 0.1) is 6.10 Å². The molecule has 33 heavy (non-hydrogen) atoms. The summed E-state index contributed by atoms with van der Waals surface area (Å²) in [6.07, 6.45) is -2.47. The second kappa shape index (κ2) is 9.88. The van der Waals surface area contributed by atoms with E-state index in [1.807, 2.05) is 36.4 Å². The smallest absolute Gasteiger partial charge is 0.407 e. The van der Waals surface area contributed by atoms with Gasteiger partial charge in [0, 0.05) is 5.92 Å². The Kier molecular flexibility index (Phi) is 6.75. The quantitative estimate of drug-likeness (QED) is 0.520. The number of hydrogen-bond donors (Lipinski definition) is 2. The zero-order valence-corrected chi connectivity index (χ0v) is 18.6. The van der Waals surface area contributed by atoms with E-state index in [1.54, 1.807) is 44.2 Å². The highest BCUT2D eigenvalue weighted by atomic mass is 16.6. The molecule has 6 nitrogen and oxygen atoms in total. The molecule has 0 saturated heterocycles. The van der Waals surface area contributed by atoms with Crippen LogP contribution in [0.2, 0.25) is 0 Å². The predicted molar refractivity (Wildman–Crippen MR) is 125 cm³/mol. The van der Waals surface area contributed by atoms with E-state index in [2.05, 4.69) is 17.4 Å². The Bertz CT molecular complexity index is 1080. The average Bonchev–Trinajstić information content (AvgIpc) is 3.14. The van der Waals surface area contributed by atoms with Crippen molar-refractivity contribution in [2.45, 2.75) is 38.0 Å². The van der Waals surface area contributed by atoms with Gasteiger partial charge in [-0.3, -0.25) is 0 Å². The molecule has 0 saturated carbocycles. The van der Waals surface area contributed by atoms with E-state index in [9.17, 15) is 14.7 Å². The molecule has 1 amide bonds. The third-order valence-electron chi connectivity index (χ3n) is 5.68. The summed E-state index contributed by atoms with van der Waals surface area (Å²) in [5, 5.41) is 13.3. The summed E-state index contributed by atoms with van der Waals surface area (Å²) in [5.74, 6) is -0.835. The minimum atomic E-state index is -1.30. The molecule has 0 aromatic heterocycles. The highest BCUT2D eigenvalue weighted by Crippen LogP contribution is 2.44. The Balaban J connectivity index is 1.48. The molecule has 0 unspecified atom stereocenters. The summed E-state index contributed by atoms with van der Waals surface area (Å²) >= 11 is 0. The summed E-state index contributed by atoms with van der Waals surface area (Å²) in [6.45, 7) is 3.52. The number of alkyl carbamates (subject to hydrolysis) is 1. The van der Waals surface area contributed by atoms with Crippen molar-refractivity contribution in [2.75, 3.05) is 6.61 Å². The van der Waals surface area contributed by atoms with Gasteiger partial charge in [-0.25, -0.2) is 9.59 Å². The second-order valence-electron chi connectivity index (χ2n) is 8.29. The summed E-state index contributed by atoms with van der Waals surface area (Å²) in [7, 11) is 0. The topological polar surface area (TPSA) is 84.9 Å². The van der Waals surface area contributed by atoms with Crippen molar-refractivity contribution in [3.05, 3.63) is 95.6 Å². The fraction of sp³-hybridized carbons (Fsp3) is 0.259. The minimum Gasteiger partial charge on any atom is -0.461 e. The lowest BCUT2D eigenvalue weighted by Gasteiger charge is -2.24. The molecule has 0 radical (unpaired) electrons. The van der Waals surface area contributed by atoms with E-state index in [1.165, 1.54) is 0 Å². The first kappa shape index (κ1) is 22.6. The van der Waals surface area contributed by atoms with Gasteiger partial charge in [-0.15, -0.1) is 0 Å². The van der Waals surface area contributed by atoms with E-state index in [-0.39, 0.29) is 12.5 Å².